The zero-order valence-corrected chi connectivity index (χ0v) is 9.57. The van der Waals surface area contributed by atoms with E-state index in [0.29, 0.717) is 26.2 Å². The Morgan fingerprint density at radius 1 is 1.56 bits per heavy atom. The zero-order chi connectivity index (χ0) is 12.0. The highest BCUT2D eigenvalue weighted by Gasteiger charge is 2.23. The summed E-state index contributed by atoms with van der Waals surface area (Å²) in [5, 5.41) is 11.3. The maximum Gasteiger partial charge on any atom is 0.303 e. The molecule has 92 valence electrons. The first kappa shape index (κ1) is 13.0. The number of carboxylic acid groups (broad SMARTS) is 1. The monoisotopic (exact) mass is 229 g/mol. The zero-order valence-electron chi connectivity index (χ0n) is 9.57. The minimum atomic E-state index is -0.789. The summed E-state index contributed by atoms with van der Waals surface area (Å²) in [6, 6.07) is 0. The molecule has 1 heterocycles. The molecule has 5 heteroatoms. The number of amides is 1. The fourth-order valence-corrected chi connectivity index (χ4v) is 1.63. The second-order valence-electron chi connectivity index (χ2n) is 4.34. The van der Waals surface area contributed by atoms with Gasteiger partial charge in [0, 0.05) is 19.6 Å². The third-order valence-electron chi connectivity index (χ3n) is 2.78. The van der Waals surface area contributed by atoms with Gasteiger partial charge in [-0.25, -0.2) is 0 Å². The van der Waals surface area contributed by atoms with Crippen molar-refractivity contribution in [3.8, 4) is 0 Å². The predicted octanol–water partition coefficient (Wildman–Crippen LogP) is 0.640. The number of hydrogen-bond donors (Lipinski definition) is 2. The van der Waals surface area contributed by atoms with E-state index in [1.165, 1.54) is 0 Å². The molecule has 1 aliphatic heterocycles. The lowest BCUT2D eigenvalue weighted by atomic mass is 10.0. The van der Waals surface area contributed by atoms with Gasteiger partial charge in [-0.05, 0) is 18.8 Å². The molecular formula is C11H19NO4. The molecule has 2 N–H and O–H groups in total. The molecule has 1 aliphatic rings. The van der Waals surface area contributed by atoms with Gasteiger partial charge in [0.25, 0.3) is 0 Å². The van der Waals surface area contributed by atoms with E-state index in [2.05, 4.69) is 5.32 Å². The van der Waals surface area contributed by atoms with Crippen LogP contribution < -0.4 is 5.32 Å². The van der Waals surface area contributed by atoms with E-state index in [4.69, 9.17) is 9.84 Å². The molecule has 1 amide bonds. The van der Waals surface area contributed by atoms with Crippen LogP contribution in [0, 0.1) is 11.8 Å². The summed E-state index contributed by atoms with van der Waals surface area (Å²) >= 11 is 0. The summed E-state index contributed by atoms with van der Waals surface area (Å²) in [6.07, 6.45) is 1.54. The van der Waals surface area contributed by atoms with Crippen LogP contribution in [0.4, 0.5) is 0 Å². The standard InChI is InChI=1S/C11H19NO4/c1-8(2-3-10(13)14)6-12-11(15)9-4-5-16-7-9/h8-9H,2-7H2,1H3,(H,12,15)(H,13,14). The smallest absolute Gasteiger partial charge is 0.303 e. The first-order valence-corrected chi connectivity index (χ1v) is 5.67. The van der Waals surface area contributed by atoms with Gasteiger partial charge in [0.15, 0.2) is 0 Å². The van der Waals surface area contributed by atoms with Crippen LogP contribution in [0.3, 0.4) is 0 Å². The van der Waals surface area contributed by atoms with Crippen molar-refractivity contribution in [3.05, 3.63) is 0 Å². The average molecular weight is 229 g/mol. The number of nitrogens with one attached hydrogen (secondary N) is 1. The van der Waals surface area contributed by atoms with Crippen LogP contribution in [0.1, 0.15) is 26.2 Å². The molecule has 1 fully saturated rings. The molecule has 0 spiro atoms. The Kier molecular flexibility index (Phi) is 5.25. The topological polar surface area (TPSA) is 75.6 Å². The van der Waals surface area contributed by atoms with Crippen molar-refractivity contribution < 1.29 is 19.4 Å². The van der Waals surface area contributed by atoms with Gasteiger partial charge in [0.2, 0.25) is 5.91 Å². The van der Waals surface area contributed by atoms with Gasteiger partial charge in [-0.15, -0.1) is 0 Å². The second kappa shape index (κ2) is 6.48. The highest BCUT2D eigenvalue weighted by molar-refractivity contribution is 5.78. The van der Waals surface area contributed by atoms with E-state index in [0.717, 1.165) is 6.42 Å². The van der Waals surface area contributed by atoms with Crippen molar-refractivity contribution in [2.75, 3.05) is 19.8 Å². The van der Waals surface area contributed by atoms with E-state index >= 15 is 0 Å². The number of rotatable bonds is 6. The minimum absolute atomic E-state index is 0.0216. The Morgan fingerprint density at radius 2 is 2.31 bits per heavy atom. The lowest BCUT2D eigenvalue weighted by Crippen LogP contribution is -2.34. The molecule has 0 aliphatic carbocycles. The van der Waals surface area contributed by atoms with Crippen LogP contribution in [-0.2, 0) is 14.3 Å². The Morgan fingerprint density at radius 3 is 2.88 bits per heavy atom. The Balaban J connectivity index is 2.12. The summed E-state index contributed by atoms with van der Waals surface area (Å²) in [5.74, 6) is -0.587. The summed E-state index contributed by atoms with van der Waals surface area (Å²) in [5.41, 5.74) is 0. The van der Waals surface area contributed by atoms with E-state index in [9.17, 15) is 9.59 Å². The first-order valence-electron chi connectivity index (χ1n) is 5.67. The Hall–Kier alpha value is -1.10. The molecule has 16 heavy (non-hydrogen) atoms. The van der Waals surface area contributed by atoms with Crippen molar-refractivity contribution in [3.63, 3.8) is 0 Å². The summed E-state index contributed by atoms with van der Waals surface area (Å²) in [4.78, 5) is 21.9. The molecule has 1 rings (SSSR count). The van der Waals surface area contributed by atoms with Crippen LogP contribution in [0.25, 0.3) is 0 Å². The van der Waals surface area contributed by atoms with Gasteiger partial charge in [0.1, 0.15) is 0 Å². The van der Waals surface area contributed by atoms with Crippen LogP contribution in [-0.4, -0.2) is 36.7 Å². The van der Waals surface area contributed by atoms with Gasteiger partial charge >= 0.3 is 5.97 Å². The van der Waals surface area contributed by atoms with Gasteiger partial charge in [-0.1, -0.05) is 6.92 Å². The highest BCUT2D eigenvalue weighted by Crippen LogP contribution is 2.12. The van der Waals surface area contributed by atoms with Crippen LogP contribution >= 0.6 is 0 Å². The number of aliphatic carboxylic acids is 1. The van der Waals surface area contributed by atoms with Crippen LogP contribution in [0.15, 0.2) is 0 Å². The van der Waals surface area contributed by atoms with Gasteiger partial charge in [-0.2, -0.15) is 0 Å². The molecule has 0 bridgehead atoms. The van der Waals surface area contributed by atoms with Gasteiger partial charge in [0.05, 0.1) is 12.5 Å². The molecular weight excluding hydrogens is 210 g/mol. The third kappa shape index (κ3) is 4.61. The maximum absolute atomic E-state index is 11.6. The number of ether oxygens (including phenoxy) is 1. The molecule has 2 unspecified atom stereocenters. The number of carbonyl (C=O) groups excluding carboxylic acids is 1. The summed E-state index contributed by atoms with van der Waals surface area (Å²) in [6.45, 7) is 3.65. The number of hydrogen-bond acceptors (Lipinski definition) is 3. The number of carbonyl (C=O) groups is 2. The molecule has 5 nitrogen and oxygen atoms in total. The molecule has 0 aromatic heterocycles. The van der Waals surface area contributed by atoms with E-state index < -0.39 is 5.97 Å². The summed E-state index contributed by atoms with van der Waals surface area (Å²) in [7, 11) is 0. The molecule has 0 aromatic rings. The highest BCUT2D eigenvalue weighted by atomic mass is 16.5. The van der Waals surface area contributed by atoms with Crippen LogP contribution in [0.2, 0.25) is 0 Å². The normalized spacial score (nSPS) is 21.7. The van der Waals surface area contributed by atoms with Crippen molar-refractivity contribution in [2.45, 2.75) is 26.2 Å². The van der Waals surface area contributed by atoms with Crippen molar-refractivity contribution in [1.29, 1.82) is 0 Å². The van der Waals surface area contributed by atoms with E-state index in [1.54, 1.807) is 0 Å². The third-order valence-corrected chi connectivity index (χ3v) is 2.78. The molecule has 0 saturated carbocycles. The van der Waals surface area contributed by atoms with E-state index in [1.807, 2.05) is 6.92 Å². The lowest BCUT2D eigenvalue weighted by Gasteiger charge is -2.13. The molecule has 0 radical (unpaired) electrons. The first-order chi connectivity index (χ1) is 7.59. The maximum atomic E-state index is 11.6. The van der Waals surface area contributed by atoms with E-state index in [-0.39, 0.29) is 24.2 Å². The summed E-state index contributed by atoms with van der Waals surface area (Å²) < 4.78 is 5.13. The second-order valence-corrected chi connectivity index (χ2v) is 4.34. The predicted molar refractivity (Wildman–Crippen MR) is 58.0 cm³/mol. The van der Waals surface area contributed by atoms with Crippen LogP contribution in [0.5, 0.6) is 0 Å². The Bertz CT molecular complexity index is 248. The number of carboxylic acids is 1. The van der Waals surface area contributed by atoms with Crippen molar-refractivity contribution in [2.24, 2.45) is 11.8 Å². The molecule has 0 aromatic carbocycles. The lowest BCUT2D eigenvalue weighted by molar-refractivity contribution is -0.137. The van der Waals surface area contributed by atoms with Gasteiger partial charge in [-0.3, -0.25) is 9.59 Å². The SMILES string of the molecule is CC(CCC(=O)O)CNC(=O)C1CCOC1. The van der Waals surface area contributed by atoms with Gasteiger partial charge < -0.3 is 15.2 Å². The van der Waals surface area contributed by atoms with Crippen molar-refractivity contribution in [1.82, 2.24) is 5.32 Å². The molecule has 1 saturated heterocycles. The Labute approximate surface area is 95.2 Å². The minimum Gasteiger partial charge on any atom is -0.481 e. The molecule has 2 atom stereocenters. The largest absolute Gasteiger partial charge is 0.481 e. The fourth-order valence-electron chi connectivity index (χ4n) is 1.63. The fraction of sp³-hybridized carbons (Fsp3) is 0.818. The van der Waals surface area contributed by atoms with Crippen molar-refractivity contribution >= 4 is 11.9 Å². The average Bonchev–Trinajstić information content (AvgIpc) is 2.76. The quantitative estimate of drug-likeness (QED) is 0.701.